The number of hydrogen-bond donors (Lipinski definition) is 2. The Bertz CT molecular complexity index is 690. The van der Waals surface area contributed by atoms with Crippen LogP contribution in [0.15, 0.2) is 24.3 Å². The molecule has 0 saturated heterocycles. The molecule has 104 valence electrons. The van der Waals surface area contributed by atoms with E-state index in [2.05, 4.69) is 10.4 Å². The summed E-state index contributed by atoms with van der Waals surface area (Å²) >= 11 is 4.93. The summed E-state index contributed by atoms with van der Waals surface area (Å²) in [6, 6.07) is 7.15. The van der Waals surface area contributed by atoms with Crippen LogP contribution in [-0.2, 0) is 7.05 Å². The van der Waals surface area contributed by atoms with Gasteiger partial charge in [0.15, 0.2) is 0 Å². The first-order chi connectivity index (χ1) is 9.40. The SMILES string of the molecule is Cc1nn(C)c(C)c1C(=O)Nc1cccc(C(N)=S)c1. The van der Waals surface area contributed by atoms with Crippen LogP contribution in [-0.4, -0.2) is 20.7 Å². The maximum atomic E-state index is 12.3. The molecule has 20 heavy (non-hydrogen) atoms. The minimum atomic E-state index is -0.187. The van der Waals surface area contributed by atoms with Gasteiger partial charge in [-0.1, -0.05) is 24.4 Å². The molecule has 1 heterocycles. The molecular formula is C14H16N4OS. The van der Waals surface area contributed by atoms with Gasteiger partial charge in [-0.05, 0) is 26.0 Å². The molecule has 2 aromatic rings. The van der Waals surface area contributed by atoms with E-state index < -0.39 is 0 Å². The summed E-state index contributed by atoms with van der Waals surface area (Å²) in [5.74, 6) is -0.187. The van der Waals surface area contributed by atoms with E-state index in [0.717, 1.165) is 11.3 Å². The highest BCUT2D eigenvalue weighted by atomic mass is 32.1. The maximum absolute atomic E-state index is 12.3. The maximum Gasteiger partial charge on any atom is 0.259 e. The molecule has 0 saturated carbocycles. The lowest BCUT2D eigenvalue weighted by Gasteiger charge is -2.07. The molecule has 3 N–H and O–H groups in total. The molecule has 5 nitrogen and oxygen atoms in total. The van der Waals surface area contributed by atoms with Gasteiger partial charge < -0.3 is 11.1 Å². The largest absolute Gasteiger partial charge is 0.389 e. The van der Waals surface area contributed by atoms with E-state index >= 15 is 0 Å². The van der Waals surface area contributed by atoms with Crippen molar-refractivity contribution < 1.29 is 4.79 Å². The number of hydrogen-bond acceptors (Lipinski definition) is 3. The normalized spacial score (nSPS) is 10.3. The number of aromatic nitrogens is 2. The van der Waals surface area contributed by atoms with E-state index in [1.165, 1.54) is 0 Å². The fourth-order valence-electron chi connectivity index (χ4n) is 2.05. The van der Waals surface area contributed by atoms with Crippen LogP contribution in [0, 0.1) is 13.8 Å². The Morgan fingerprint density at radius 3 is 2.65 bits per heavy atom. The fraction of sp³-hybridized carbons (Fsp3) is 0.214. The zero-order chi connectivity index (χ0) is 14.9. The van der Waals surface area contributed by atoms with Crippen molar-refractivity contribution in [1.82, 2.24) is 9.78 Å². The van der Waals surface area contributed by atoms with Gasteiger partial charge in [-0.2, -0.15) is 5.10 Å². The van der Waals surface area contributed by atoms with Gasteiger partial charge in [0.2, 0.25) is 0 Å². The summed E-state index contributed by atoms with van der Waals surface area (Å²) in [5.41, 5.74) is 9.07. The van der Waals surface area contributed by atoms with Crippen LogP contribution in [0.5, 0.6) is 0 Å². The van der Waals surface area contributed by atoms with Gasteiger partial charge in [0.05, 0.1) is 11.3 Å². The molecule has 0 aliphatic rings. The van der Waals surface area contributed by atoms with Gasteiger partial charge >= 0.3 is 0 Å². The Balaban J connectivity index is 2.28. The molecule has 0 unspecified atom stereocenters. The van der Waals surface area contributed by atoms with Crippen molar-refractivity contribution in [2.24, 2.45) is 12.8 Å². The Labute approximate surface area is 122 Å². The molecule has 0 radical (unpaired) electrons. The summed E-state index contributed by atoms with van der Waals surface area (Å²) < 4.78 is 1.69. The fourth-order valence-corrected chi connectivity index (χ4v) is 2.17. The van der Waals surface area contributed by atoms with Gasteiger partial charge in [-0.25, -0.2) is 0 Å². The van der Waals surface area contributed by atoms with Gasteiger partial charge in [-0.3, -0.25) is 9.48 Å². The topological polar surface area (TPSA) is 72.9 Å². The Kier molecular flexibility index (Phi) is 3.85. The lowest BCUT2D eigenvalue weighted by molar-refractivity contribution is 0.102. The standard InChI is InChI=1S/C14H16N4OS/c1-8-12(9(2)18(3)17-8)14(19)16-11-6-4-5-10(7-11)13(15)20/h4-7H,1-3H3,(H2,15,20)(H,16,19). The molecule has 1 aromatic heterocycles. The number of thiocarbonyl (C=S) groups is 1. The van der Waals surface area contributed by atoms with Gasteiger partial charge in [0, 0.05) is 24.0 Å². The van der Waals surface area contributed by atoms with E-state index in [1.807, 2.05) is 20.9 Å². The van der Waals surface area contributed by atoms with Gasteiger partial charge in [0.1, 0.15) is 4.99 Å². The second kappa shape index (κ2) is 5.42. The van der Waals surface area contributed by atoms with Crippen LogP contribution >= 0.6 is 12.2 Å². The molecule has 2 rings (SSSR count). The summed E-state index contributed by atoms with van der Waals surface area (Å²) in [4.78, 5) is 12.6. The highest BCUT2D eigenvalue weighted by Gasteiger charge is 2.17. The minimum Gasteiger partial charge on any atom is -0.389 e. The summed E-state index contributed by atoms with van der Waals surface area (Å²) in [6.07, 6.45) is 0. The number of carbonyl (C=O) groups excluding carboxylic acids is 1. The zero-order valence-electron chi connectivity index (χ0n) is 11.6. The van der Waals surface area contributed by atoms with Crippen LogP contribution in [0.1, 0.15) is 27.3 Å². The van der Waals surface area contributed by atoms with Crippen molar-refractivity contribution >= 4 is 28.8 Å². The van der Waals surface area contributed by atoms with E-state index in [-0.39, 0.29) is 5.91 Å². The number of anilines is 1. The van der Waals surface area contributed by atoms with Crippen LogP contribution in [0.2, 0.25) is 0 Å². The monoisotopic (exact) mass is 288 g/mol. The highest BCUT2D eigenvalue weighted by Crippen LogP contribution is 2.16. The predicted octanol–water partition coefficient (Wildman–Crippen LogP) is 1.92. The second-order valence-corrected chi connectivity index (χ2v) is 5.01. The average Bonchev–Trinajstić information content (AvgIpc) is 2.63. The first kappa shape index (κ1) is 14.2. The molecule has 0 aliphatic heterocycles. The second-order valence-electron chi connectivity index (χ2n) is 4.57. The molecule has 1 amide bonds. The minimum absolute atomic E-state index is 0.187. The molecule has 6 heteroatoms. The number of amides is 1. The third-order valence-electron chi connectivity index (χ3n) is 3.14. The van der Waals surface area contributed by atoms with E-state index in [1.54, 1.807) is 28.9 Å². The molecule has 1 aromatic carbocycles. The van der Waals surface area contributed by atoms with Crippen LogP contribution in [0.4, 0.5) is 5.69 Å². The van der Waals surface area contributed by atoms with Crippen molar-refractivity contribution in [1.29, 1.82) is 0 Å². The third-order valence-corrected chi connectivity index (χ3v) is 3.38. The van der Waals surface area contributed by atoms with Gasteiger partial charge in [-0.15, -0.1) is 0 Å². The molecular weight excluding hydrogens is 272 g/mol. The van der Waals surface area contributed by atoms with Crippen molar-refractivity contribution in [3.63, 3.8) is 0 Å². The van der Waals surface area contributed by atoms with Crippen LogP contribution in [0.3, 0.4) is 0 Å². The Hall–Kier alpha value is -2.21. The van der Waals surface area contributed by atoms with E-state index in [4.69, 9.17) is 18.0 Å². The molecule has 0 aliphatic carbocycles. The number of benzene rings is 1. The lowest BCUT2D eigenvalue weighted by Crippen LogP contribution is -2.15. The Morgan fingerprint density at radius 1 is 1.40 bits per heavy atom. The summed E-state index contributed by atoms with van der Waals surface area (Å²) in [7, 11) is 1.81. The number of nitrogens with one attached hydrogen (secondary N) is 1. The molecule has 0 fully saturated rings. The molecule has 0 spiro atoms. The first-order valence-electron chi connectivity index (χ1n) is 6.11. The lowest BCUT2D eigenvalue weighted by atomic mass is 10.1. The smallest absolute Gasteiger partial charge is 0.259 e. The zero-order valence-corrected chi connectivity index (χ0v) is 12.4. The first-order valence-corrected chi connectivity index (χ1v) is 6.52. The average molecular weight is 288 g/mol. The van der Waals surface area contributed by atoms with Crippen LogP contribution < -0.4 is 11.1 Å². The number of aryl methyl sites for hydroxylation is 2. The number of rotatable bonds is 3. The quantitative estimate of drug-likeness (QED) is 0.846. The van der Waals surface area contributed by atoms with Crippen molar-refractivity contribution in [3.05, 3.63) is 46.8 Å². The van der Waals surface area contributed by atoms with Crippen molar-refractivity contribution in [2.75, 3.05) is 5.32 Å². The van der Waals surface area contributed by atoms with Crippen molar-refractivity contribution in [2.45, 2.75) is 13.8 Å². The molecule has 0 atom stereocenters. The number of carbonyl (C=O) groups is 1. The summed E-state index contributed by atoms with van der Waals surface area (Å²) in [6.45, 7) is 3.67. The third kappa shape index (κ3) is 2.70. The predicted molar refractivity (Wildman–Crippen MR) is 83.0 cm³/mol. The van der Waals surface area contributed by atoms with E-state index in [9.17, 15) is 4.79 Å². The molecule has 0 bridgehead atoms. The summed E-state index contributed by atoms with van der Waals surface area (Å²) in [5, 5.41) is 7.08. The Morgan fingerprint density at radius 2 is 2.10 bits per heavy atom. The van der Waals surface area contributed by atoms with Crippen molar-refractivity contribution in [3.8, 4) is 0 Å². The van der Waals surface area contributed by atoms with Crippen LogP contribution in [0.25, 0.3) is 0 Å². The van der Waals surface area contributed by atoms with E-state index in [0.29, 0.717) is 21.9 Å². The number of nitrogens with zero attached hydrogens (tertiary/aromatic N) is 2. The number of nitrogens with two attached hydrogens (primary N) is 1. The van der Waals surface area contributed by atoms with Gasteiger partial charge in [0.25, 0.3) is 5.91 Å². The highest BCUT2D eigenvalue weighted by molar-refractivity contribution is 7.80.